The average Bonchev–Trinajstić information content (AvgIpc) is 2.72. The van der Waals surface area contributed by atoms with Crippen LogP contribution in [-0.4, -0.2) is 53.6 Å². The molecule has 1 aromatic rings. The third-order valence-corrected chi connectivity index (χ3v) is 7.54. The Labute approximate surface area is 197 Å². The number of ether oxygens (including phenoxy) is 2. The lowest BCUT2D eigenvalue weighted by Crippen LogP contribution is -2.24. The molecule has 0 aromatic heterocycles. The predicted octanol–water partition coefficient (Wildman–Crippen LogP) is 4.11. The van der Waals surface area contributed by atoms with Gasteiger partial charge in [0.2, 0.25) is 6.29 Å². The summed E-state index contributed by atoms with van der Waals surface area (Å²) in [7, 11) is 3.35. The van der Waals surface area contributed by atoms with E-state index in [-0.39, 0.29) is 30.6 Å². The van der Waals surface area contributed by atoms with Gasteiger partial charge in [0.15, 0.2) is 0 Å². The number of nitrogens with two attached hydrogens (primary N) is 1. The Hall–Kier alpha value is -1.16. The lowest BCUT2D eigenvalue weighted by Gasteiger charge is -2.17. The number of hydrogen-bond acceptors (Lipinski definition) is 9. The molecule has 0 aliphatic heterocycles. The van der Waals surface area contributed by atoms with Gasteiger partial charge >= 0.3 is 11.9 Å². The molecule has 0 radical (unpaired) electrons. The Bertz CT molecular complexity index is 674. The summed E-state index contributed by atoms with van der Waals surface area (Å²) in [5.74, 6) is 1.31. The number of benzene rings is 1. The normalized spacial score (nSPS) is 13.8. The van der Waals surface area contributed by atoms with Gasteiger partial charge in [0, 0.05) is 43.7 Å². The molecule has 3 atom stereocenters. The minimum Gasteiger partial charge on any atom is -0.426 e. The minimum atomic E-state index is -0.956. The van der Waals surface area contributed by atoms with Crippen molar-refractivity contribution in [1.82, 2.24) is 0 Å². The number of esters is 2. The topological polar surface area (TPSA) is 95.7 Å². The van der Waals surface area contributed by atoms with Gasteiger partial charge in [0.1, 0.15) is 5.78 Å². The quantitative estimate of drug-likeness (QED) is 0.160. The van der Waals surface area contributed by atoms with E-state index in [1.54, 1.807) is 33.3 Å². The molecule has 2 N–H and O–H groups in total. The fraction of sp³-hybridized carbons (Fsp3) is 0.591. The Morgan fingerprint density at radius 3 is 2.35 bits per heavy atom. The van der Waals surface area contributed by atoms with Crippen molar-refractivity contribution in [2.75, 3.05) is 23.5 Å². The highest BCUT2D eigenvalue weighted by Gasteiger charge is 2.21. The second-order valence-corrected chi connectivity index (χ2v) is 10.7. The fourth-order valence-electron chi connectivity index (χ4n) is 2.71. The molecule has 1 aromatic carbocycles. The largest absolute Gasteiger partial charge is 0.426 e. The van der Waals surface area contributed by atoms with E-state index in [1.165, 1.54) is 13.8 Å². The maximum atomic E-state index is 12.8. The van der Waals surface area contributed by atoms with Gasteiger partial charge in [-0.05, 0) is 30.4 Å². The molecule has 0 spiro atoms. The van der Waals surface area contributed by atoms with Crippen LogP contribution in [0.4, 0.5) is 0 Å². The summed E-state index contributed by atoms with van der Waals surface area (Å²) in [6.45, 7) is 2.71. The summed E-state index contributed by atoms with van der Waals surface area (Å²) < 4.78 is 9.79. The molecule has 0 bridgehead atoms. The molecule has 0 heterocycles. The first-order chi connectivity index (χ1) is 14.8. The zero-order valence-electron chi connectivity index (χ0n) is 18.4. The van der Waals surface area contributed by atoms with Crippen molar-refractivity contribution >= 4 is 51.1 Å². The van der Waals surface area contributed by atoms with Crippen LogP contribution in [0.25, 0.3) is 0 Å². The van der Waals surface area contributed by atoms with Gasteiger partial charge in [-0.15, -0.1) is 0 Å². The van der Waals surface area contributed by atoms with Gasteiger partial charge in [-0.2, -0.15) is 11.8 Å². The second-order valence-electron chi connectivity index (χ2n) is 7.13. The highest BCUT2D eigenvalue weighted by Crippen LogP contribution is 2.28. The molecular weight excluding hydrogens is 454 g/mol. The SMILES string of the molecule is CSCC[C@H](N)CSSC[C@@H](Cc1ccccc1)C(=O)CCC(=O)OC(C)OC(C)=O. The maximum absolute atomic E-state index is 12.8. The van der Waals surface area contributed by atoms with E-state index in [0.717, 1.165) is 23.5 Å². The van der Waals surface area contributed by atoms with Crippen LogP contribution in [0.15, 0.2) is 30.3 Å². The van der Waals surface area contributed by atoms with Gasteiger partial charge in [-0.25, -0.2) is 0 Å². The third-order valence-electron chi connectivity index (χ3n) is 4.31. The molecule has 0 saturated carbocycles. The van der Waals surface area contributed by atoms with Crippen molar-refractivity contribution in [2.24, 2.45) is 11.7 Å². The van der Waals surface area contributed by atoms with E-state index in [0.29, 0.717) is 12.2 Å². The smallest absolute Gasteiger partial charge is 0.309 e. The highest BCUT2D eigenvalue weighted by atomic mass is 33.1. The van der Waals surface area contributed by atoms with Crippen molar-refractivity contribution in [3.8, 4) is 0 Å². The molecule has 174 valence electrons. The Balaban J connectivity index is 2.53. The van der Waals surface area contributed by atoms with Crippen molar-refractivity contribution in [3.05, 3.63) is 35.9 Å². The van der Waals surface area contributed by atoms with Crippen LogP contribution in [0.2, 0.25) is 0 Å². The zero-order valence-corrected chi connectivity index (χ0v) is 20.9. The number of carbonyl (C=O) groups is 3. The highest BCUT2D eigenvalue weighted by molar-refractivity contribution is 8.76. The molecule has 31 heavy (non-hydrogen) atoms. The van der Waals surface area contributed by atoms with Gasteiger partial charge in [0.25, 0.3) is 0 Å². The van der Waals surface area contributed by atoms with Crippen molar-refractivity contribution in [2.45, 2.75) is 51.9 Å². The summed E-state index contributed by atoms with van der Waals surface area (Å²) in [6.07, 6.45) is 2.79. The lowest BCUT2D eigenvalue weighted by atomic mass is 9.94. The molecule has 0 saturated heterocycles. The number of rotatable bonds is 16. The molecular formula is C22H33NO5S3. The summed E-state index contributed by atoms with van der Waals surface area (Å²) in [4.78, 5) is 35.7. The number of thioether (sulfide) groups is 1. The fourth-order valence-corrected chi connectivity index (χ4v) is 5.85. The zero-order chi connectivity index (χ0) is 23.1. The van der Waals surface area contributed by atoms with Crippen molar-refractivity contribution in [3.63, 3.8) is 0 Å². The van der Waals surface area contributed by atoms with Crippen molar-refractivity contribution in [1.29, 1.82) is 0 Å². The van der Waals surface area contributed by atoms with Gasteiger partial charge in [-0.3, -0.25) is 14.4 Å². The second kappa shape index (κ2) is 16.5. The van der Waals surface area contributed by atoms with E-state index < -0.39 is 18.2 Å². The third kappa shape index (κ3) is 13.8. The summed E-state index contributed by atoms with van der Waals surface area (Å²) >= 11 is 1.79. The Morgan fingerprint density at radius 2 is 1.71 bits per heavy atom. The molecule has 0 amide bonds. The van der Waals surface area contributed by atoms with Gasteiger partial charge in [-0.1, -0.05) is 51.9 Å². The molecule has 1 rings (SSSR count). The van der Waals surface area contributed by atoms with E-state index in [2.05, 4.69) is 6.26 Å². The van der Waals surface area contributed by atoms with E-state index in [1.807, 2.05) is 30.3 Å². The molecule has 6 nitrogen and oxygen atoms in total. The van der Waals surface area contributed by atoms with E-state index in [9.17, 15) is 14.4 Å². The first-order valence-corrected chi connectivity index (χ1v) is 14.1. The molecule has 0 fully saturated rings. The van der Waals surface area contributed by atoms with Crippen LogP contribution in [0.3, 0.4) is 0 Å². The van der Waals surface area contributed by atoms with Crippen LogP contribution < -0.4 is 5.73 Å². The number of carbonyl (C=O) groups excluding carboxylic acids is 3. The summed E-state index contributed by atoms with van der Waals surface area (Å²) in [5, 5.41) is 0. The monoisotopic (exact) mass is 487 g/mol. The maximum Gasteiger partial charge on any atom is 0.309 e. The standard InChI is InChI=1S/C22H33NO5S3/c1-16(24)27-17(2)28-22(26)10-9-21(25)19(13-18-7-5-4-6-8-18)14-30-31-15-20(23)11-12-29-3/h4-8,17,19-20H,9-15,23H2,1-3H3/t17?,19-,20+/m1/s1. The summed E-state index contributed by atoms with van der Waals surface area (Å²) in [5.41, 5.74) is 7.21. The first kappa shape index (κ1) is 27.9. The van der Waals surface area contributed by atoms with Crippen LogP contribution >= 0.6 is 33.3 Å². The van der Waals surface area contributed by atoms with Crippen LogP contribution in [0, 0.1) is 5.92 Å². The number of ketones is 1. The van der Waals surface area contributed by atoms with Crippen LogP contribution in [0.1, 0.15) is 38.7 Å². The minimum absolute atomic E-state index is 0.0284. The van der Waals surface area contributed by atoms with Gasteiger partial charge < -0.3 is 15.2 Å². The molecule has 1 unspecified atom stereocenters. The summed E-state index contributed by atoms with van der Waals surface area (Å²) in [6, 6.07) is 10.0. The average molecular weight is 488 g/mol. The van der Waals surface area contributed by atoms with E-state index >= 15 is 0 Å². The van der Waals surface area contributed by atoms with E-state index in [4.69, 9.17) is 15.2 Å². The number of Topliss-reactive ketones (excluding diaryl/α,β-unsaturated/α-hetero) is 1. The Morgan fingerprint density at radius 1 is 1.03 bits per heavy atom. The molecule has 0 aliphatic carbocycles. The van der Waals surface area contributed by atoms with Crippen molar-refractivity contribution < 1.29 is 23.9 Å². The molecule has 0 aliphatic rings. The lowest BCUT2D eigenvalue weighted by molar-refractivity contribution is -0.183. The van der Waals surface area contributed by atoms with Crippen LogP contribution in [0.5, 0.6) is 0 Å². The molecule has 9 heteroatoms. The number of hydrogen-bond donors (Lipinski definition) is 1. The predicted molar refractivity (Wildman–Crippen MR) is 131 cm³/mol. The Kier molecular flexibility index (Phi) is 14.8. The van der Waals surface area contributed by atoms with Crippen LogP contribution in [-0.2, 0) is 30.3 Å². The van der Waals surface area contributed by atoms with Gasteiger partial charge in [0.05, 0.1) is 6.42 Å². The first-order valence-electron chi connectivity index (χ1n) is 10.2.